The Morgan fingerprint density at radius 2 is 1.87 bits per heavy atom. The maximum absolute atomic E-state index is 10.7. The molecule has 0 radical (unpaired) electrons. The average Bonchev–Trinajstić information content (AvgIpc) is 3.02. The van der Waals surface area contributed by atoms with Gasteiger partial charge in [-0.05, 0) is 110 Å². The Kier molecular flexibility index (Phi) is 5.57. The first-order valence-corrected chi connectivity index (χ1v) is 12.4. The lowest BCUT2D eigenvalue weighted by atomic mass is 9.46. The van der Waals surface area contributed by atoms with Crippen LogP contribution in [0.15, 0.2) is 34.6 Å². The van der Waals surface area contributed by atoms with Crippen LogP contribution >= 0.6 is 0 Å². The van der Waals surface area contributed by atoms with Gasteiger partial charge in [-0.15, -0.1) is 0 Å². The summed E-state index contributed by atoms with van der Waals surface area (Å²) in [5.41, 5.74) is 7.00. The van der Waals surface area contributed by atoms with Crippen LogP contribution in [0.1, 0.15) is 93.4 Å². The predicted octanol–water partition coefficient (Wildman–Crippen LogP) is 7.20. The van der Waals surface area contributed by atoms with Crippen LogP contribution in [0.2, 0.25) is 0 Å². The van der Waals surface area contributed by atoms with Crippen LogP contribution in [-0.2, 0) is 4.74 Å². The van der Waals surface area contributed by atoms with E-state index >= 15 is 0 Å². The van der Waals surface area contributed by atoms with Gasteiger partial charge in [0.25, 0.3) is 0 Å². The number of fused-ring (bicyclic) bond motifs is 4. The molecule has 0 saturated heterocycles. The van der Waals surface area contributed by atoms with E-state index in [2.05, 4.69) is 54.5 Å². The number of ether oxygens (including phenoxy) is 1. The molecule has 0 aromatic carbocycles. The minimum Gasteiger partial charge on any atom is -0.501 e. The monoisotopic (exact) mass is 412 g/mol. The molecule has 0 amide bonds. The molecule has 1 fully saturated rings. The highest BCUT2D eigenvalue weighted by Crippen LogP contribution is 2.66. The first kappa shape index (κ1) is 22.2. The molecule has 2 nitrogen and oxygen atoms in total. The number of aliphatic hydroxyl groups excluding tert-OH is 1. The van der Waals surface area contributed by atoms with Crippen molar-refractivity contribution in [2.75, 3.05) is 6.61 Å². The Bertz CT molecular complexity index is 780. The van der Waals surface area contributed by atoms with Crippen LogP contribution in [0.25, 0.3) is 0 Å². The van der Waals surface area contributed by atoms with E-state index in [0.717, 1.165) is 19.4 Å². The van der Waals surface area contributed by atoms with Gasteiger partial charge in [-0.3, -0.25) is 0 Å². The standard InChI is InChI=1S/C28H44O2/c1-18(2)16-30-17-19(3)21-9-10-22-20-8-11-24-26(4,5)25(29)13-15-28(24,7)23(20)12-14-27(21,22)6/h10,16,19,21,24-25,29H,8-9,11-15,17H2,1-7H3/t19-,21-,24?,25?,27-,28-/m1/s1. The third-order valence-electron chi connectivity index (χ3n) is 9.79. The van der Waals surface area contributed by atoms with E-state index in [4.69, 9.17) is 4.74 Å². The first-order chi connectivity index (χ1) is 14.0. The zero-order valence-electron chi connectivity index (χ0n) is 20.5. The molecule has 1 N–H and O–H groups in total. The Hall–Kier alpha value is -1.02. The van der Waals surface area contributed by atoms with Gasteiger partial charge in [-0.2, -0.15) is 0 Å². The third-order valence-corrected chi connectivity index (χ3v) is 9.79. The van der Waals surface area contributed by atoms with Gasteiger partial charge in [0.15, 0.2) is 0 Å². The number of rotatable bonds is 4. The zero-order chi connectivity index (χ0) is 21.9. The van der Waals surface area contributed by atoms with Crippen LogP contribution in [-0.4, -0.2) is 17.8 Å². The smallest absolute Gasteiger partial charge is 0.0901 e. The highest BCUT2D eigenvalue weighted by atomic mass is 16.5. The molecule has 0 aromatic heterocycles. The fourth-order valence-electron chi connectivity index (χ4n) is 8.06. The first-order valence-electron chi connectivity index (χ1n) is 12.4. The average molecular weight is 413 g/mol. The van der Waals surface area contributed by atoms with Crippen molar-refractivity contribution in [3.05, 3.63) is 34.6 Å². The summed E-state index contributed by atoms with van der Waals surface area (Å²) >= 11 is 0. The Labute approximate surface area is 184 Å². The van der Waals surface area contributed by atoms with E-state index in [1.54, 1.807) is 16.7 Å². The summed E-state index contributed by atoms with van der Waals surface area (Å²) in [6.45, 7) is 17.1. The molecule has 0 aromatic rings. The highest BCUT2D eigenvalue weighted by molar-refractivity contribution is 5.49. The molecule has 0 heterocycles. The molecule has 2 heteroatoms. The van der Waals surface area contributed by atoms with Gasteiger partial charge in [-0.1, -0.05) is 46.3 Å². The van der Waals surface area contributed by atoms with Gasteiger partial charge < -0.3 is 9.84 Å². The summed E-state index contributed by atoms with van der Waals surface area (Å²) in [5, 5.41) is 10.7. The Morgan fingerprint density at radius 3 is 2.57 bits per heavy atom. The van der Waals surface area contributed by atoms with E-state index in [-0.39, 0.29) is 16.9 Å². The molecular formula is C28H44O2. The molecule has 4 aliphatic rings. The van der Waals surface area contributed by atoms with Crippen LogP contribution in [0.4, 0.5) is 0 Å². The van der Waals surface area contributed by atoms with Crippen molar-refractivity contribution in [3.63, 3.8) is 0 Å². The van der Waals surface area contributed by atoms with Crippen molar-refractivity contribution < 1.29 is 9.84 Å². The summed E-state index contributed by atoms with van der Waals surface area (Å²) in [6.07, 6.45) is 12.7. The molecule has 0 bridgehead atoms. The highest BCUT2D eigenvalue weighted by Gasteiger charge is 2.57. The lowest BCUT2D eigenvalue weighted by molar-refractivity contribution is -0.0905. The molecular weight excluding hydrogens is 368 g/mol. The van der Waals surface area contributed by atoms with Gasteiger partial charge in [0.05, 0.1) is 19.0 Å². The molecule has 2 unspecified atom stereocenters. The van der Waals surface area contributed by atoms with Crippen LogP contribution < -0.4 is 0 Å². The molecule has 6 atom stereocenters. The lowest BCUT2D eigenvalue weighted by Crippen LogP contribution is -2.53. The summed E-state index contributed by atoms with van der Waals surface area (Å²) in [6, 6.07) is 0. The van der Waals surface area contributed by atoms with Crippen molar-refractivity contribution in [1.29, 1.82) is 0 Å². The summed E-state index contributed by atoms with van der Waals surface area (Å²) in [4.78, 5) is 0. The van der Waals surface area contributed by atoms with Gasteiger partial charge >= 0.3 is 0 Å². The van der Waals surface area contributed by atoms with Gasteiger partial charge in [0.2, 0.25) is 0 Å². The van der Waals surface area contributed by atoms with E-state index in [0.29, 0.717) is 23.2 Å². The SMILES string of the molecule is CC(C)=COC[C@@H](C)[C@H]1CC=C2C3=C(CC[C@@]21C)[C@@]1(C)CCC(O)C(C)(C)C1CC3. The number of hydrogen-bond acceptors (Lipinski definition) is 2. The topological polar surface area (TPSA) is 29.5 Å². The second kappa shape index (κ2) is 7.54. The summed E-state index contributed by atoms with van der Waals surface area (Å²) < 4.78 is 5.90. The van der Waals surface area contributed by atoms with Crippen molar-refractivity contribution in [2.24, 2.45) is 34.0 Å². The molecule has 4 rings (SSSR count). The second-order valence-electron chi connectivity index (χ2n) is 12.2. The van der Waals surface area contributed by atoms with Crippen molar-refractivity contribution >= 4 is 0 Å². The molecule has 0 aliphatic heterocycles. The predicted molar refractivity (Wildman–Crippen MR) is 125 cm³/mol. The quantitative estimate of drug-likeness (QED) is 0.495. The van der Waals surface area contributed by atoms with Gasteiger partial charge in [0, 0.05) is 0 Å². The van der Waals surface area contributed by atoms with Crippen LogP contribution in [0.3, 0.4) is 0 Å². The van der Waals surface area contributed by atoms with Crippen molar-refractivity contribution in [3.8, 4) is 0 Å². The number of allylic oxidation sites excluding steroid dienone is 5. The number of aliphatic hydroxyl groups is 1. The molecule has 168 valence electrons. The Morgan fingerprint density at radius 1 is 1.13 bits per heavy atom. The van der Waals surface area contributed by atoms with Crippen LogP contribution in [0.5, 0.6) is 0 Å². The minimum atomic E-state index is -0.150. The lowest BCUT2D eigenvalue weighted by Gasteiger charge is -2.59. The molecule has 30 heavy (non-hydrogen) atoms. The second-order valence-corrected chi connectivity index (χ2v) is 12.2. The van der Waals surface area contributed by atoms with Gasteiger partial charge in [-0.25, -0.2) is 0 Å². The normalized spacial score (nSPS) is 40.7. The zero-order valence-corrected chi connectivity index (χ0v) is 20.5. The number of hydrogen-bond donors (Lipinski definition) is 1. The largest absolute Gasteiger partial charge is 0.501 e. The fourth-order valence-corrected chi connectivity index (χ4v) is 8.06. The Balaban J connectivity index is 1.60. The third kappa shape index (κ3) is 3.24. The molecule has 0 spiro atoms. The van der Waals surface area contributed by atoms with Crippen molar-refractivity contribution in [1.82, 2.24) is 0 Å². The maximum Gasteiger partial charge on any atom is 0.0901 e. The summed E-state index contributed by atoms with van der Waals surface area (Å²) in [5.74, 6) is 1.85. The maximum atomic E-state index is 10.7. The van der Waals surface area contributed by atoms with E-state index < -0.39 is 0 Å². The molecule has 1 saturated carbocycles. The minimum absolute atomic E-state index is 0.0235. The molecule has 4 aliphatic carbocycles. The van der Waals surface area contributed by atoms with E-state index in [1.807, 2.05) is 6.26 Å². The van der Waals surface area contributed by atoms with Gasteiger partial charge in [0.1, 0.15) is 0 Å². The van der Waals surface area contributed by atoms with E-state index in [1.165, 1.54) is 37.7 Å². The van der Waals surface area contributed by atoms with Crippen LogP contribution in [0, 0.1) is 34.0 Å². The van der Waals surface area contributed by atoms with E-state index in [9.17, 15) is 5.11 Å². The van der Waals surface area contributed by atoms with Crippen molar-refractivity contribution in [2.45, 2.75) is 99.5 Å². The fraction of sp³-hybridized carbons (Fsp3) is 0.786. The summed E-state index contributed by atoms with van der Waals surface area (Å²) in [7, 11) is 0.